The van der Waals surface area contributed by atoms with Crippen LogP contribution in [0.2, 0.25) is 0 Å². The third kappa shape index (κ3) is 9.12. The van der Waals surface area contributed by atoms with Crippen molar-refractivity contribution in [2.75, 3.05) is 53.0 Å². The monoisotopic (exact) mass is 934 g/mol. The molecule has 0 aliphatic carbocycles. The number of aryl methyl sites for hydroxylation is 1. The van der Waals surface area contributed by atoms with Gasteiger partial charge in [-0.05, 0) is 95.8 Å². The van der Waals surface area contributed by atoms with Crippen molar-refractivity contribution in [2.45, 2.75) is 76.3 Å². The number of likely N-dealkylation sites (N-methyl/N-ethyl adjacent to an activating group) is 1. The Kier molecular flexibility index (Phi) is 12.8. The minimum absolute atomic E-state index is 0.00985. The van der Waals surface area contributed by atoms with Gasteiger partial charge in [0.25, 0.3) is 21.9 Å². The molecule has 5 aromatic rings. The number of fused-ring (bicyclic) bond motifs is 8. The number of methoxy groups -OCH3 is 1. The Balaban J connectivity index is 0.945. The molecule has 0 spiro atoms. The molecule has 4 aliphatic heterocycles. The zero-order chi connectivity index (χ0) is 45.6. The van der Waals surface area contributed by atoms with Crippen LogP contribution in [0.3, 0.4) is 0 Å². The van der Waals surface area contributed by atoms with Crippen LogP contribution < -0.4 is 34.2 Å². The van der Waals surface area contributed by atoms with Crippen molar-refractivity contribution in [2.24, 2.45) is 5.92 Å². The summed E-state index contributed by atoms with van der Waals surface area (Å²) in [6.07, 6.45) is 1.95. The molecule has 1 unspecified atom stereocenters. The number of anilines is 4. The van der Waals surface area contributed by atoms with Crippen LogP contribution in [0.25, 0.3) is 0 Å². The smallest absolute Gasteiger partial charge is 0.268 e. The highest BCUT2D eigenvalue weighted by molar-refractivity contribution is 8.76. The van der Waals surface area contributed by atoms with Crippen LogP contribution in [-0.4, -0.2) is 75.1 Å². The van der Waals surface area contributed by atoms with Gasteiger partial charge in [-0.15, -0.1) is 0 Å². The molecule has 3 atom stereocenters. The van der Waals surface area contributed by atoms with E-state index < -0.39 is 15.4 Å². The quantitative estimate of drug-likeness (QED) is 0.0588. The highest BCUT2D eigenvalue weighted by Crippen LogP contribution is 2.43. The summed E-state index contributed by atoms with van der Waals surface area (Å²) in [5.74, 6) is 2.57. The topological polar surface area (TPSA) is 138 Å². The lowest BCUT2D eigenvalue weighted by Gasteiger charge is -2.25. The van der Waals surface area contributed by atoms with E-state index >= 15 is 0 Å². The fraction of sp³-hybridized carbons (Fsp3) is 0.360. The fourth-order valence-electron chi connectivity index (χ4n) is 9.73. The molecule has 0 saturated heterocycles. The average molecular weight is 935 g/mol. The van der Waals surface area contributed by atoms with Gasteiger partial charge in [-0.25, -0.2) is 0 Å². The third-order valence-corrected chi connectivity index (χ3v) is 16.8. The number of amides is 2. The molecule has 15 heteroatoms. The Morgan fingerprint density at radius 1 is 0.754 bits per heavy atom. The number of benzene rings is 5. The number of nitrogens with one attached hydrogen (secondary N) is 1. The second kappa shape index (κ2) is 18.5. The predicted octanol–water partition coefficient (Wildman–Crippen LogP) is 9.36. The Hall–Kier alpha value is -5.35. The van der Waals surface area contributed by atoms with E-state index in [4.69, 9.17) is 14.2 Å². The van der Waals surface area contributed by atoms with Gasteiger partial charge >= 0.3 is 0 Å². The first-order valence-electron chi connectivity index (χ1n) is 22.0. The summed E-state index contributed by atoms with van der Waals surface area (Å²) in [5, 5.41) is 2.73. The Labute approximate surface area is 389 Å². The molecular formula is C50H54N4O8S3. The van der Waals surface area contributed by atoms with Gasteiger partial charge in [0.15, 0.2) is 11.5 Å². The maximum atomic E-state index is 14.2. The van der Waals surface area contributed by atoms with Gasteiger partial charge in [-0.3, -0.25) is 14.1 Å². The van der Waals surface area contributed by atoms with Gasteiger partial charge in [-0.2, -0.15) is 8.42 Å². The Bertz CT molecular complexity index is 2770. The number of nitrogens with zero attached hydrogens (tertiary/aromatic N) is 3. The van der Waals surface area contributed by atoms with Crippen molar-refractivity contribution in [3.63, 3.8) is 0 Å². The maximum Gasteiger partial charge on any atom is 0.268 e. The van der Waals surface area contributed by atoms with E-state index in [1.54, 1.807) is 48.6 Å². The zero-order valence-electron chi connectivity index (χ0n) is 37.2. The normalized spacial score (nSPS) is 17.9. The molecule has 0 radical (unpaired) electrons. The zero-order valence-corrected chi connectivity index (χ0v) is 39.7. The lowest BCUT2D eigenvalue weighted by Crippen LogP contribution is -2.41. The molecule has 0 fully saturated rings. The highest BCUT2D eigenvalue weighted by atomic mass is 33.1. The van der Waals surface area contributed by atoms with Gasteiger partial charge in [0.2, 0.25) is 0 Å². The average Bonchev–Trinajstić information content (AvgIpc) is 3.78. The van der Waals surface area contributed by atoms with Crippen molar-refractivity contribution >= 4 is 66.3 Å². The van der Waals surface area contributed by atoms with Crippen LogP contribution >= 0.6 is 21.6 Å². The van der Waals surface area contributed by atoms with E-state index in [0.29, 0.717) is 59.4 Å². The van der Waals surface area contributed by atoms with Crippen LogP contribution in [0.5, 0.6) is 17.2 Å². The number of hydrogen-bond donors (Lipinski definition) is 2. The van der Waals surface area contributed by atoms with Crippen LogP contribution in [0.15, 0.2) is 91.0 Å². The summed E-state index contributed by atoms with van der Waals surface area (Å²) < 4.78 is 52.6. The summed E-state index contributed by atoms with van der Waals surface area (Å²) in [6, 6.07) is 30.0. The standard InChI is InChI=1S/C50H54N4O8S3/c1-30(2)48(65(57,58)59)14-15-63-64-29-34-18-32(27-61-45-23-41-39(16-31(45)3)49(55)53-37(25-51-41)20-35-10-6-8-12-42(35)53)17-33(19-34)28-62-47-24-44-40(22-46(47)60-5)50(56)54-38(26-52(44)4)21-36-11-7-9-13-43(36)54/h6-13,16-19,22-24,30,37-38,48,51H,14-15,20-21,25-29H2,1-5H3,(H,57,58,59)/t37-,38-,48?/m0/s1. The van der Waals surface area contributed by atoms with Gasteiger partial charge in [0.05, 0.1) is 46.9 Å². The molecule has 12 nitrogen and oxygen atoms in total. The summed E-state index contributed by atoms with van der Waals surface area (Å²) in [5.41, 5.74) is 10.7. The minimum atomic E-state index is -4.14. The van der Waals surface area contributed by atoms with Crippen molar-refractivity contribution in [1.82, 2.24) is 0 Å². The SMILES string of the molecule is COc1cc2c(cc1OCc1cc(COc3cc4c(cc3C)C(=O)N3c5ccccc5C[C@H]3CN4)cc(CSSCCC(C(C)C)S(=O)(=O)O)c1)N(C)C[C@@H]1Cc3ccccc3N1C2=O. The van der Waals surface area contributed by atoms with E-state index in [1.807, 2.05) is 78.4 Å². The first kappa shape index (κ1) is 44.8. The van der Waals surface area contributed by atoms with Gasteiger partial charge < -0.3 is 34.2 Å². The summed E-state index contributed by atoms with van der Waals surface area (Å²) >= 11 is 0. The molecule has 0 bridgehead atoms. The van der Waals surface area contributed by atoms with Gasteiger partial charge in [0.1, 0.15) is 19.0 Å². The van der Waals surface area contributed by atoms with Crippen molar-refractivity contribution in [3.8, 4) is 17.2 Å². The summed E-state index contributed by atoms with van der Waals surface area (Å²) in [6.45, 7) is 7.33. The van der Waals surface area contributed by atoms with Gasteiger partial charge in [0, 0.05) is 55.2 Å². The Morgan fingerprint density at radius 2 is 1.37 bits per heavy atom. The van der Waals surface area contributed by atoms with E-state index in [0.717, 1.165) is 57.8 Å². The number of ether oxygens (including phenoxy) is 3. The molecule has 0 saturated carbocycles. The molecule has 5 aromatic carbocycles. The van der Waals surface area contributed by atoms with Crippen LogP contribution in [0, 0.1) is 12.8 Å². The number of rotatable bonds is 15. The predicted molar refractivity (Wildman–Crippen MR) is 261 cm³/mol. The maximum absolute atomic E-state index is 14.2. The number of hydrogen-bond acceptors (Lipinski definition) is 11. The van der Waals surface area contributed by atoms with E-state index in [9.17, 15) is 22.6 Å². The molecular weight excluding hydrogens is 881 g/mol. The molecule has 4 heterocycles. The number of carbonyl (C=O) groups excluding carboxylic acids is 2. The summed E-state index contributed by atoms with van der Waals surface area (Å²) in [7, 11) is 2.64. The third-order valence-electron chi connectivity index (χ3n) is 12.9. The second-order valence-corrected chi connectivity index (χ2v) is 21.9. The van der Waals surface area contributed by atoms with Crippen molar-refractivity contribution < 1.29 is 36.8 Å². The molecule has 2 amide bonds. The largest absolute Gasteiger partial charge is 0.493 e. The van der Waals surface area contributed by atoms with Crippen LogP contribution in [0.1, 0.15) is 74.4 Å². The van der Waals surface area contributed by atoms with E-state index in [-0.39, 0.29) is 43.0 Å². The van der Waals surface area contributed by atoms with Crippen LogP contribution in [0.4, 0.5) is 22.7 Å². The Morgan fingerprint density at radius 3 is 2.03 bits per heavy atom. The van der Waals surface area contributed by atoms with E-state index in [2.05, 4.69) is 40.5 Å². The fourth-order valence-corrected chi connectivity index (χ4v) is 13.1. The first-order chi connectivity index (χ1) is 31.3. The lowest BCUT2D eigenvalue weighted by atomic mass is 10.1. The number of para-hydroxylation sites is 2. The highest BCUT2D eigenvalue weighted by Gasteiger charge is 2.40. The summed E-state index contributed by atoms with van der Waals surface area (Å²) in [4.78, 5) is 34.2. The van der Waals surface area contributed by atoms with Gasteiger partial charge in [-0.1, -0.05) is 84.0 Å². The molecule has 4 aliphatic rings. The molecule has 2 N–H and O–H groups in total. The molecule has 9 rings (SSSR count). The molecule has 65 heavy (non-hydrogen) atoms. The number of carbonyl (C=O) groups is 2. The van der Waals surface area contributed by atoms with Crippen molar-refractivity contribution in [1.29, 1.82) is 0 Å². The van der Waals surface area contributed by atoms with Crippen LogP contribution in [-0.2, 0) is 41.9 Å². The molecule has 340 valence electrons. The second-order valence-electron chi connectivity index (χ2n) is 17.7. The van der Waals surface area contributed by atoms with Crippen molar-refractivity contribution in [3.05, 3.63) is 136 Å². The van der Waals surface area contributed by atoms with E-state index in [1.165, 1.54) is 11.1 Å². The molecule has 0 aromatic heterocycles. The minimum Gasteiger partial charge on any atom is -0.493 e. The first-order valence-corrected chi connectivity index (χ1v) is 26.0. The lowest BCUT2D eigenvalue weighted by molar-refractivity contribution is 0.0975.